The third-order valence-corrected chi connectivity index (χ3v) is 6.46. The van der Waals surface area contributed by atoms with Crippen molar-refractivity contribution in [3.8, 4) is 0 Å². The van der Waals surface area contributed by atoms with Crippen molar-refractivity contribution >= 4 is 11.3 Å². The van der Waals surface area contributed by atoms with Gasteiger partial charge in [-0.2, -0.15) is 0 Å². The van der Waals surface area contributed by atoms with E-state index in [0.717, 1.165) is 51.5 Å². The fourth-order valence-electron chi connectivity index (χ4n) is 3.93. The van der Waals surface area contributed by atoms with Gasteiger partial charge in [-0.3, -0.25) is 0 Å². The topological polar surface area (TPSA) is 52.0 Å². The maximum absolute atomic E-state index is 5.56. The molecule has 122 valence electrons. The van der Waals surface area contributed by atoms with Crippen molar-refractivity contribution in [1.82, 2.24) is 19.9 Å². The first-order valence-electron chi connectivity index (χ1n) is 8.66. The molecule has 5 rings (SSSR count). The summed E-state index contributed by atoms with van der Waals surface area (Å²) < 4.78 is 7.88. The van der Waals surface area contributed by atoms with Crippen LogP contribution in [0.3, 0.4) is 0 Å². The van der Waals surface area contributed by atoms with Crippen LogP contribution in [0.5, 0.6) is 0 Å². The number of ether oxygens (including phenoxy) is 1. The van der Waals surface area contributed by atoms with E-state index in [9.17, 15) is 0 Å². The average Bonchev–Trinajstić information content (AvgIpc) is 3.19. The Bertz CT molecular complexity index is 712. The number of hydrogen-bond acceptors (Lipinski definition) is 5. The molecule has 5 nitrogen and oxygen atoms in total. The Hall–Kier alpha value is -1.24. The van der Waals surface area contributed by atoms with E-state index in [4.69, 9.17) is 14.7 Å². The Morgan fingerprint density at radius 2 is 2.22 bits per heavy atom. The number of nitrogens with zero attached hydrogens (tertiary/aromatic N) is 3. The second kappa shape index (κ2) is 5.40. The molecule has 6 heteroatoms. The molecule has 1 saturated heterocycles. The molecule has 2 aromatic heterocycles. The van der Waals surface area contributed by atoms with Crippen LogP contribution in [0.1, 0.15) is 53.7 Å². The molecule has 2 aliphatic heterocycles. The molecule has 23 heavy (non-hydrogen) atoms. The van der Waals surface area contributed by atoms with Gasteiger partial charge < -0.3 is 14.6 Å². The van der Waals surface area contributed by atoms with E-state index < -0.39 is 0 Å². The molecule has 4 heterocycles. The van der Waals surface area contributed by atoms with E-state index in [1.165, 1.54) is 34.9 Å². The van der Waals surface area contributed by atoms with Crippen molar-refractivity contribution < 1.29 is 4.74 Å². The zero-order valence-corrected chi connectivity index (χ0v) is 14.1. The highest BCUT2D eigenvalue weighted by atomic mass is 32.1. The summed E-state index contributed by atoms with van der Waals surface area (Å²) in [5, 5.41) is 7.28. The lowest BCUT2D eigenvalue weighted by Crippen LogP contribution is -2.51. The van der Waals surface area contributed by atoms with Gasteiger partial charge in [-0.15, -0.1) is 11.3 Å². The molecule has 0 amide bonds. The van der Waals surface area contributed by atoms with Gasteiger partial charge in [-0.25, -0.2) is 9.97 Å². The van der Waals surface area contributed by atoms with Gasteiger partial charge in [0.1, 0.15) is 0 Å². The van der Waals surface area contributed by atoms with Crippen molar-refractivity contribution in [3.05, 3.63) is 33.8 Å². The summed E-state index contributed by atoms with van der Waals surface area (Å²) in [5.74, 6) is 0.750. The lowest BCUT2D eigenvalue weighted by Gasteiger charge is -2.40. The van der Waals surface area contributed by atoms with Gasteiger partial charge in [0.25, 0.3) is 0 Å². The minimum Gasteiger partial charge on any atom is -0.381 e. The smallest absolute Gasteiger partial charge is 0.0960 e. The van der Waals surface area contributed by atoms with Crippen LogP contribution in [-0.2, 0) is 23.2 Å². The normalized spacial score (nSPS) is 23.1. The van der Waals surface area contributed by atoms with E-state index >= 15 is 0 Å². The largest absolute Gasteiger partial charge is 0.381 e. The Labute approximate surface area is 140 Å². The van der Waals surface area contributed by atoms with Crippen LogP contribution in [0, 0.1) is 0 Å². The van der Waals surface area contributed by atoms with E-state index in [2.05, 4.69) is 15.3 Å². The summed E-state index contributed by atoms with van der Waals surface area (Å²) in [6.45, 7) is 3.55. The zero-order chi connectivity index (χ0) is 15.3. The molecule has 2 aromatic rings. The monoisotopic (exact) mass is 330 g/mol. The van der Waals surface area contributed by atoms with Crippen molar-refractivity contribution in [2.75, 3.05) is 19.8 Å². The molecular weight excluding hydrogens is 308 g/mol. The lowest BCUT2D eigenvalue weighted by atomic mass is 9.82. The highest BCUT2D eigenvalue weighted by Gasteiger charge is 2.40. The first kappa shape index (κ1) is 14.1. The Kier molecular flexibility index (Phi) is 3.32. The first-order chi connectivity index (χ1) is 11.3. The quantitative estimate of drug-likeness (QED) is 0.939. The standard InChI is InChI=1S/C17H22N4OS/c1-2-12(1)16-20-13(10-23-16)9-21-11-18-15-14(21)3-6-19-17(15)4-7-22-8-5-17/h10-12,19H,1-9H2. The summed E-state index contributed by atoms with van der Waals surface area (Å²) in [4.78, 5) is 9.64. The van der Waals surface area contributed by atoms with Gasteiger partial charge in [0, 0.05) is 43.2 Å². The van der Waals surface area contributed by atoms with Gasteiger partial charge in [-0.1, -0.05) is 0 Å². The second-order valence-corrected chi connectivity index (χ2v) is 7.88. The fourth-order valence-corrected chi connectivity index (χ4v) is 4.91. The van der Waals surface area contributed by atoms with Crippen LogP contribution < -0.4 is 5.32 Å². The summed E-state index contributed by atoms with van der Waals surface area (Å²) in [6.07, 6.45) is 7.77. The molecular formula is C17H22N4OS. The van der Waals surface area contributed by atoms with Gasteiger partial charge >= 0.3 is 0 Å². The van der Waals surface area contributed by atoms with Crippen LogP contribution in [0.4, 0.5) is 0 Å². The molecule has 3 aliphatic rings. The van der Waals surface area contributed by atoms with Gasteiger partial charge in [0.05, 0.1) is 34.8 Å². The van der Waals surface area contributed by atoms with Crippen LogP contribution in [0.25, 0.3) is 0 Å². The van der Waals surface area contributed by atoms with E-state index in [-0.39, 0.29) is 5.54 Å². The minimum absolute atomic E-state index is 0.0400. The summed E-state index contributed by atoms with van der Waals surface area (Å²) in [6, 6.07) is 0. The molecule has 1 saturated carbocycles. The number of imidazole rings is 1. The molecule has 0 atom stereocenters. The van der Waals surface area contributed by atoms with E-state index in [1.807, 2.05) is 17.7 Å². The molecule has 2 fully saturated rings. The summed E-state index contributed by atoms with van der Waals surface area (Å²) in [7, 11) is 0. The van der Waals surface area contributed by atoms with Gasteiger partial charge in [0.15, 0.2) is 0 Å². The van der Waals surface area contributed by atoms with Crippen molar-refractivity contribution in [1.29, 1.82) is 0 Å². The number of thiazole rings is 1. The van der Waals surface area contributed by atoms with Gasteiger partial charge in [-0.05, 0) is 25.7 Å². The molecule has 1 aliphatic carbocycles. The predicted octanol–water partition coefficient (Wildman–Crippen LogP) is 2.42. The molecule has 0 unspecified atom stereocenters. The maximum Gasteiger partial charge on any atom is 0.0960 e. The van der Waals surface area contributed by atoms with Crippen LogP contribution in [-0.4, -0.2) is 34.3 Å². The van der Waals surface area contributed by atoms with Crippen molar-refractivity contribution in [3.63, 3.8) is 0 Å². The zero-order valence-electron chi connectivity index (χ0n) is 13.3. The molecule has 0 aromatic carbocycles. The first-order valence-corrected chi connectivity index (χ1v) is 9.54. The fraction of sp³-hybridized carbons (Fsp3) is 0.647. The lowest BCUT2D eigenvalue weighted by molar-refractivity contribution is 0.0322. The number of nitrogens with one attached hydrogen (secondary N) is 1. The molecule has 0 bridgehead atoms. The van der Waals surface area contributed by atoms with Crippen LogP contribution >= 0.6 is 11.3 Å². The van der Waals surface area contributed by atoms with Crippen molar-refractivity contribution in [2.24, 2.45) is 0 Å². The third-order valence-electron chi connectivity index (χ3n) is 5.40. The van der Waals surface area contributed by atoms with Crippen molar-refractivity contribution in [2.45, 2.75) is 50.1 Å². The third kappa shape index (κ3) is 2.44. The molecule has 1 spiro atoms. The number of fused-ring (bicyclic) bond motifs is 2. The molecule has 1 N–H and O–H groups in total. The Balaban J connectivity index is 1.43. The van der Waals surface area contributed by atoms with E-state index in [0.29, 0.717) is 0 Å². The minimum atomic E-state index is 0.0400. The summed E-state index contributed by atoms with van der Waals surface area (Å²) in [5.41, 5.74) is 3.88. The van der Waals surface area contributed by atoms with Crippen LogP contribution in [0.2, 0.25) is 0 Å². The number of aromatic nitrogens is 3. The maximum atomic E-state index is 5.56. The average molecular weight is 330 g/mol. The molecule has 0 radical (unpaired) electrons. The highest BCUT2D eigenvalue weighted by molar-refractivity contribution is 7.09. The Morgan fingerprint density at radius 3 is 3.04 bits per heavy atom. The van der Waals surface area contributed by atoms with Gasteiger partial charge in [0.2, 0.25) is 0 Å². The SMILES string of the molecule is c1sc(C2CC2)nc1Cn1cnc2c1CCNC21CCOCC1. The number of hydrogen-bond donors (Lipinski definition) is 1. The Morgan fingerprint density at radius 1 is 1.35 bits per heavy atom. The summed E-state index contributed by atoms with van der Waals surface area (Å²) >= 11 is 1.83. The predicted molar refractivity (Wildman–Crippen MR) is 88.9 cm³/mol. The number of rotatable bonds is 3. The van der Waals surface area contributed by atoms with Crippen LogP contribution in [0.15, 0.2) is 11.7 Å². The second-order valence-electron chi connectivity index (χ2n) is 6.99. The highest BCUT2D eigenvalue weighted by Crippen LogP contribution is 2.41. The van der Waals surface area contributed by atoms with E-state index in [1.54, 1.807) is 0 Å².